The molecule has 214 valence electrons. The molecule has 0 spiro atoms. The first-order valence-corrected chi connectivity index (χ1v) is 13.8. The van der Waals surface area contributed by atoms with Gasteiger partial charge in [0.25, 0.3) is 0 Å². The van der Waals surface area contributed by atoms with E-state index in [-0.39, 0.29) is 24.8 Å². The zero-order chi connectivity index (χ0) is 29.0. The lowest BCUT2D eigenvalue weighted by Gasteiger charge is -2.35. The molecule has 6 nitrogen and oxygen atoms in total. The van der Waals surface area contributed by atoms with Gasteiger partial charge < -0.3 is 15.1 Å². The Morgan fingerprint density at radius 1 is 0.829 bits per heavy atom. The fourth-order valence-corrected chi connectivity index (χ4v) is 6.02. The standard InChI is InChI=1S/C32H32F3N3O3/c33-32(34,35)22-36-30(41)31(26-14-6-4-12-24(26)25-13-5-7-15-27(25)31)16-8-9-17-37-18-19-38(21-29(37)40)28(39)20-23-10-2-1-3-11-23/h1-7,10-15H,8-9,16-22H2,(H,36,41). The van der Waals surface area contributed by atoms with Gasteiger partial charge >= 0.3 is 6.18 Å². The van der Waals surface area contributed by atoms with E-state index in [1.807, 2.05) is 66.7 Å². The van der Waals surface area contributed by atoms with E-state index in [2.05, 4.69) is 5.32 Å². The second kappa shape index (κ2) is 11.8. The number of carbonyl (C=O) groups is 3. The molecule has 41 heavy (non-hydrogen) atoms. The van der Waals surface area contributed by atoms with E-state index in [0.29, 0.717) is 50.0 Å². The van der Waals surface area contributed by atoms with Crippen molar-refractivity contribution in [2.24, 2.45) is 0 Å². The van der Waals surface area contributed by atoms with E-state index in [0.717, 1.165) is 16.7 Å². The fraction of sp³-hybridized carbons (Fsp3) is 0.344. The summed E-state index contributed by atoms with van der Waals surface area (Å²) < 4.78 is 39.2. The fourth-order valence-electron chi connectivity index (χ4n) is 6.02. The third-order valence-electron chi connectivity index (χ3n) is 8.00. The lowest BCUT2D eigenvalue weighted by Crippen LogP contribution is -2.52. The molecule has 3 amide bonds. The molecule has 0 unspecified atom stereocenters. The van der Waals surface area contributed by atoms with Crippen LogP contribution in [0.2, 0.25) is 0 Å². The first kappa shape index (κ1) is 28.4. The molecule has 3 aromatic rings. The normalized spacial score (nSPS) is 15.8. The number of nitrogens with one attached hydrogen (secondary N) is 1. The first-order valence-electron chi connectivity index (χ1n) is 13.8. The molecule has 1 saturated heterocycles. The number of amides is 3. The molecule has 5 rings (SSSR count). The number of halogens is 3. The van der Waals surface area contributed by atoms with Crippen LogP contribution in [-0.2, 0) is 26.2 Å². The van der Waals surface area contributed by atoms with Crippen LogP contribution >= 0.6 is 0 Å². The van der Waals surface area contributed by atoms with E-state index in [9.17, 15) is 27.6 Å². The van der Waals surface area contributed by atoms with Crippen molar-refractivity contribution in [3.05, 3.63) is 95.6 Å². The largest absolute Gasteiger partial charge is 0.405 e. The number of hydrogen-bond donors (Lipinski definition) is 1. The Morgan fingerprint density at radius 2 is 1.44 bits per heavy atom. The van der Waals surface area contributed by atoms with Gasteiger partial charge in [-0.15, -0.1) is 0 Å². The Bertz CT molecular complexity index is 1380. The second-order valence-electron chi connectivity index (χ2n) is 10.6. The molecule has 0 bridgehead atoms. The highest BCUT2D eigenvalue weighted by Gasteiger charge is 2.49. The summed E-state index contributed by atoms with van der Waals surface area (Å²) in [5.41, 5.74) is 2.72. The number of benzene rings is 3. The predicted octanol–water partition coefficient (Wildman–Crippen LogP) is 4.72. The Morgan fingerprint density at radius 3 is 2.05 bits per heavy atom. The van der Waals surface area contributed by atoms with Crippen molar-refractivity contribution < 1.29 is 27.6 Å². The summed E-state index contributed by atoms with van der Waals surface area (Å²) in [6, 6.07) is 24.1. The molecule has 1 heterocycles. The number of unbranched alkanes of at least 4 members (excludes halogenated alkanes) is 1. The van der Waals surface area contributed by atoms with Gasteiger partial charge in [-0.1, -0.05) is 78.9 Å². The van der Waals surface area contributed by atoms with Crippen molar-refractivity contribution in [1.82, 2.24) is 15.1 Å². The summed E-state index contributed by atoms with van der Waals surface area (Å²) in [5, 5.41) is 2.15. The Hall–Kier alpha value is -4.14. The summed E-state index contributed by atoms with van der Waals surface area (Å²) in [6.07, 6.45) is -2.89. The van der Waals surface area contributed by atoms with Crippen LogP contribution in [0.25, 0.3) is 11.1 Å². The molecule has 9 heteroatoms. The molecule has 0 saturated carbocycles. The van der Waals surface area contributed by atoms with Crippen LogP contribution in [0.5, 0.6) is 0 Å². The van der Waals surface area contributed by atoms with E-state index in [1.54, 1.807) is 21.9 Å². The third kappa shape index (κ3) is 5.99. The molecule has 3 aromatic carbocycles. The maximum absolute atomic E-state index is 13.6. The van der Waals surface area contributed by atoms with Gasteiger partial charge in [-0.05, 0) is 47.1 Å². The van der Waals surface area contributed by atoms with Crippen LogP contribution < -0.4 is 5.32 Å². The SMILES string of the molecule is O=C1CN(C(=O)Cc2ccccc2)CCN1CCCCC1(C(=O)NCC(F)(F)F)c2ccccc2-c2ccccc21. The van der Waals surface area contributed by atoms with Crippen molar-refractivity contribution in [2.45, 2.75) is 37.3 Å². The van der Waals surface area contributed by atoms with Crippen molar-refractivity contribution in [3.8, 4) is 11.1 Å². The van der Waals surface area contributed by atoms with Crippen molar-refractivity contribution >= 4 is 17.7 Å². The highest BCUT2D eigenvalue weighted by Crippen LogP contribution is 2.51. The number of fused-ring (bicyclic) bond motifs is 3. The lowest BCUT2D eigenvalue weighted by atomic mass is 9.73. The smallest absolute Gasteiger partial charge is 0.346 e. The van der Waals surface area contributed by atoms with Crippen LogP contribution in [0.1, 0.15) is 36.0 Å². The Labute approximate surface area is 237 Å². The van der Waals surface area contributed by atoms with E-state index in [1.165, 1.54) is 0 Å². The summed E-state index contributed by atoms with van der Waals surface area (Å²) in [6.45, 7) is -0.0663. The van der Waals surface area contributed by atoms with Crippen LogP contribution in [0, 0.1) is 0 Å². The van der Waals surface area contributed by atoms with Gasteiger partial charge in [0.05, 0.1) is 13.0 Å². The quantitative estimate of drug-likeness (QED) is 0.384. The molecule has 2 aliphatic rings. The van der Waals surface area contributed by atoms with Gasteiger partial charge in [-0.2, -0.15) is 13.2 Å². The van der Waals surface area contributed by atoms with E-state index in [4.69, 9.17) is 0 Å². The van der Waals surface area contributed by atoms with Gasteiger partial charge in [0, 0.05) is 19.6 Å². The minimum absolute atomic E-state index is 0.0240. The minimum atomic E-state index is -4.53. The average molecular weight is 564 g/mol. The highest BCUT2D eigenvalue weighted by atomic mass is 19.4. The molecule has 1 N–H and O–H groups in total. The van der Waals surface area contributed by atoms with Crippen molar-refractivity contribution in [3.63, 3.8) is 0 Å². The van der Waals surface area contributed by atoms with Crippen molar-refractivity contribution in [2.75, 3.05) is 32.7 Å². The van der Waals surface area contributed by atoms with Crippen LogP contribution in [0.15, 0.2) is 78.9 Å². The van der Waals surface area contributed by atoms with E-state index < -0.39 is 24.0 Å². The zero-order valence-electron chi connectivity index (χ0n) is 22.6. The number of nitrogens with zero attached hydrogens (tertiary/aromatic N) is 2. The predicted molar refractivity (Wildman–Crippen MR) is 149 cm³/mol. The molecule has 0 radical (unpaired) electrons. The monoisotopic (exact) mass is 563 g/mol. The maximum Gasteiger partial charge on any atom is 0.405 e. The molecule has 0 aromatic heterocycles. The highest BCUT2D eigenvalue weighted by molar-refractivity contribution is 6.00. The van der Waals surface area contributed by atoms with Gasteiger partial charge in [0.1, 0.15) is 12.0 Å². The topological polar surface area (TPSA) is 69.7 Å². The molecular weight excluding hydrogens is 531 g/mol. The second-order valence-corrected chi connectivity index (χ2v) is 10.6. The summed E-state index contributed by atoms with van der Waals surface area (Å²) in [4.78, 5) is 42.4. The van der Waals surface area contributed by atoms with Crippen LogP contribution in [-0.4, -0.2) is 66.4 Å². The Balaban J connectivity index is 1.24. The van der Waals surface area contributed by atoms with Crippen molar-refractivity contribution in [1.29, 1.82) is 0 Å². The average Bonchev–Trinajstić information content (AvgIpc) is 3.25. The number of alkyl halides is 3. The summed E-state index contributed by atoms with van der Waals surface area (Å²) in [5.74, 6) is -0.893. The zero-order valence-corrected chi connectivity index (χ0v) is 22.6. The van der Waals surface area contributed by atoms with Gasteiger partial charge in [-0.3, -0.25) is 14.4 Å². The lowest BCUT2D eigenvalue weighted by molar-refractivity contribution is -0.145. The maximum atomic E-state index is 13.6. The Kier molecular flexibility index (Phi) is 8.15. The first-order chi connectivity index (χ1) is 19.7. The van der Waals surface area contributed by atoms with Gasteiger partial charge in [0.2, 0.25) is 17.7 Å². The van der Waals surface area contributed by atoms with Gasteiger partial charge in [-0.25, -0.2) is 0 Å². The molecular formula is C32H32F3N3O3. The molecule has 0 atom stereocenters. The summed E-state index contributed by atoms with van der Waals surface area (Å²) in [7, 11) is 0. The van der Waals surface area contributed by atoms with Crippen LogP contribution in [0.4, 0.5) is 13.2 Å². The summed E-state index contributed by atoms with van der Waals surface area (Å²) >= 11 is 0. The minimum Gasteiger partial charge on any atom is -0.346 e. The number of hydrogen-bond acceptors (Lipinski definition) is 3. The van der Waals surface area contributed by atoms with Crippen LogP contribution in [0.3, 0.4) is 0 Å². The molecule has 1 aliphatic carbocycles. The number of carbonyl (C=O) groups excluding carboxylic acids is 3. The molecule has 1 fully saturated rings. The van der Waals surface area contributed by atoms with Gasteiger partial charge in [0.15, 0.2) is 0 Å². The third-order valence-corrected chi connectivity index (χ3v) is 8.00. The number of piperazine rings is 1. The number of rotatable bonds is 9. The van der Waals surface area contributed by atoms with E-state index >= 15 is 0 Å². The molecule has 1 aliphatic heterocycles.